The molecule has 0 saturated carbocycles. The van der Waals surface area contributed by atoms with Crippen molar-refractivity contribution in [3.8, 4) is 0 Å². The predicted molar refractivity (Wildman–Crippen MR) is 73.5 cm³/mol. The maximum atomic E-state index is 11.4. The molecule has 0 fully saturated rings. The average molecular weight is 275 g/mol. The summed E-state index contributed by atoms with van der Waals surface area (Å²) in [6, 6.07) is 9.94. The van der Waals surface area contributed by atoms with E-state index in [0.717, 1.165) is 18.7 Å². The topological polar surface area (TPSA) is 77.2 Å². The minimum absolute atomic E-state index is 0.0159. The summed E-state index contributed by atoms with van der Waals surface area (Å²) < 4.78 is 9.78. The molecule has 6 nitrogen and oxygen atoms in total. The summed E-state index contributed by atoms with van der Waals surface area (Å²) in [7, 11) is 0. The summed E-state index contributed by atoms with van der Waals surface area (Å²) in [6.07, 6.45) is 1.45. The highest BCUT2D eigenvalue weighted by Crippen LogP contribution is 2.06. The number of aromatic nitrogens is 2. The Balaban J connectivity index is 1.73. The van der Waals surface area contributed by atoms with Crippen LogP contribution in [0.4, 0.5) is 5.69 Å². The molecule has 20 heavy (non-hydrogen) atoms. The lowest BCUT2D eigenvalue weighted by Crippen LogP contribution is -2.07. The Bertz CT molecular complexity index is 540. The SMILES string of the molecule is CCOC(=O)c1noc(CCCNc2ccccc2)n1. The van der Waals surface area contributed by atoms with E-state index < -0.39 is 5.97 Å². The number of carbonyl (C=O) groups excluding carboxylic acids is 1. The number of benzene rings is 1. The summed E-state index contributed by atoms with van der Waals surface area (Å²) in [5, 5.41) is 6.87. The Morgan fingerprint density at radius 3 is 2.90 bits per heavy atom. The first kappa shape index (κ1) is 14.0. The normalized spacial score (nSPS) is 10.2. The molecule has 0 radical (unpaired) electrons. The van der Waals surface area contributed by atoms with Gasteiger partial charge in [-0.25, -0.2) is 4.79 Å². The molecule has 1 heterocycles. The number of nitrogens with zero attached hydrogens (tertiary/aromatic N) is 2. The van der Waals surface area contributed by atoms with Crippen LogP contribution in [-0.4, -0.2) is 29.3 Å². The lowest BCUT2D eigenvalue weighted by atomic mass is 10.3. The molecule has 0 amide bonds. The zero-order chi connectivity index (χ0) is 14.2. The minimum atomic E-state index is -0.551. The van der Waals surface area contributed by atoms with Gasteiger partial charge in [0.2, 0.25) is 5.89 Å². The molecule has 1 aromatic heterocycles. The van der Waals surface area contributed by atoms with Gasteiger partial charge in [0.15, 0.2) is 0 Å². The molecule has 0 aliphatic carbocycles. The fourth-order valence-electron chi connectivity index (χ4n) is 1.66. The molecular weight excluding hydrogens is 258 g/mol. The van der Waals surface area contributed by atoms with E-state index in [4.69, 9.17) is 9.26 Å². The molecule has 0 aliphatic rings. The van der Waals surface area contributed by atoms with E-state index in [1.165, 1.54) is 0 Å². The Hall–Kier alpha value is -2.37. The zero-order valence-corrected chi connectivity index (χ0v) is 11.3. The molecule has 0 atom stereocenters. The number of nitrogens with one attached hydrogen (secondary N) is 1. The lowest BCUT2D eigenvalue weighted by Gasteiger charge is -2.03. The van der Waals surface area contributed by atoms with E-state index >= 15 is 0 Å². The Kier molecular flexibility index (Phi) is 5.11. The van der Waals surface area contributed by atoms with Crippen molar-refractivity contribution in [2.24, 2.45) is 0 Å². The van der Waals surface area contributed by atoms with Crippen LogP contribution in [0, 0.1) is 0 Å². The summed E-state index contributed by atoms with van der Waals surface area (Å²) >= 11 is 0. The number of ether oxygens (including phenoxy) is 1. The number of carbonyl (C=O) groups is 1. The first-order valence-electron chi connectivity index (χ1n) is 6.58. The fourth-order valence-corrected chi connectivity index (χ4v) is 1.66. The van der Waals surface area contributed by atoms with Gasteiger partial charge in [0.05, 0.1) is 6.61 Å². The van der Waals surface area contributed by atoms with Gasteiger partial charge in [-0.1, -0.05) is 18.2 Å². The highest BCUT2D eigenvalue weighted by Gasteiger charge is 2.14. The Morgan fingerprint density at radius 1 is 1.35 bits per heavy atom. The number of para-hydroxylation sites is 1. The summed E-state index contributed by atoms with van der Waals surface area (Å²) in [5.41, 5.74) is 1.07. The van der Waals surface area contributed by atoms with E-state index in [0.29, 0.717) is 18.9 Å². The average Bonchev–Trinajstić information content (AvgIpc) is 2.94. The van der Waals surface area contributed by atoms with Crippen LogP contribution in [0.15, 0.2) is 34.9 Å². The van der Waals surface area contributed by atoms with Crippen LogP contribution in [0.3, 0.4) is 0 Å². The molecule has 106 valence electrons. The summed E-state index contributed by atoms with van der Waals surface area (Å²) in [6.45, 7) is 2.82. The van der Waals surface area contributed by atoms with Crippen LogP contribution in [-0.2, 0) is 11.2 Å². The van der Waals surface area contributed by atoms with Crippen LogP contribution in [0.25, 0.3) is 0 Å². The third kappa shape index (κ3) is 4.08. The van der Waals surface area contributed by atoms with Gasteiger partial charge in [-0.15, -0.1) is 0 Å². The first-order chi connectivity index (χ1) is 9.79. The maximum Gasteiger partial charge on any atom is 0.379 e. The van der Waals surface area contributed by atoms with Gasteiger partial charge >= 0.3 is 5.97 Å². The number of aryl methyl sites for hydroxylation is 1. The highest BCUT2D eigenvalue weighted by molar-refractivity contribution is 5.84. The number of anilines is 1. The molecule has 1 N–H and O–H groups in total. The second-order valence-electron chi connectivity index (χ2n) is 4.13. The van der Waals surface area contributed by atoms with Crippen LogP contribution >= 0.6 is 0 Å². The van der Waals surface area contributed by atoms with Gasteiger partial charge in [0.1, 0.15) is 0 Å². The van der Waals surface area contributed by atoms with Crippen LogP contribution in [0.5, 0.6) is 0 Å². The van der Waals surface area contributed by atoms with Crippen LogP contribution in [0.2, 0.25) is 0 Å². The lowest BCUT2D eigenvalue weighted by molar-refractivity contribution is 0.0508. The number of hydrogen-bond donors (Lipinski definition) is 1. The fraction of sp³-hybridized carbons (Fsp3) is 0.357. The smallest absolute Gasteiger partial charge is 0.379 e. The van der Waals surface area contributed by atoms with Crippen molar-refractivity contribution >= 4 is 11.7 Å². The van der Waals surface area contributed by atoms with Crippen LogP contribution < -0.4 is 5.32 Å². The van der Waals surface area contributed by atoms with E-state index in [1.54, 1.807) is 6.92 Å². The number of hydrogen-bond acceptors (Lipinski definition) is 6. The van der Waals surface area contributed by atoms with Crippen molar-refractivity contribution in [2.45, 2.75) is 19.8 Å². The molecule has 6 heteroatoms. The van der Waals surface area contributed by atoms with Crippen molar-refractivity contribution < 1.29 is 14.1 Å². The molecular formula is C14H17N3O3. The molecule has 1 aromatic carbocycles. The number of esters is 1. The maximum absolute atomic E-state index is 11.4. The highest BCUT2D eigenvalue weighted by atomic mass is 16.5. The molecule has 0 unspecified atom stereocenters. The zero-order valence-electron chi connectivity index (χ0n) is 11.3. The van der Waals surface area contributed by atoms with Crippen molar-refractivity contribution in [1.29, 1.82) is 0 Å². The first-order valence-corrected chi connectivity index (χ1v) is 6.58. The quantitative estimate of drug-likeness (QED) is 0.617. The van der Waals surface area contributed by atoms with Gasteiger partial charge in [0.25, 0.3) is 5.82 Å². The largest absolute Gasteiger partial charge is 0.460 e. The molecule has 0 saturated heterocycles. The third-order valence-electron chi connectivity index (χ3n) is 2.60. The van der Waals surface area contributed by atoms with Gasteiger partial charge in [0, 0.05) is 18.7 Å². The molecule has 0 spiro atoms. The minimum Gasteiger partial charge on any atom is -0.460 e. The van der Waals surface area contributed by atoms with Gasteiger partial charge in [-0.2, -0.15) is 4.98 Å². The Morgan fingerprint density at radius 2 is 2.15 bits per heavy atom. The predicted octanol–water partition coefficient (Wildman–Crippen LogP) is 2.29. The van der Waals surface area contributed by atoms with Crippen LogP contribution in [0.1, 0.15) is 29.9 Å². The van der Waals surface area contributed by atoms with E-state index in [-0.39, 0.29) is 5.82 Å². The van der Waals surface area contributed by atoms with Gasteiger partial charge in [-0.05, 0) is 30.6 Å². The second-order valence-corrected chi connectivity index (χ2v) is 4.13. The molecule has 2 aromatic rings. The third-order valence-corrected chi connectivity index (χ3v) is 2.60. The van der Waals surface area contributed by atoms with E-state index in [9.17, 15) is 4.79 Å². The summed E-state index contributed by atoms with van der Waals surface area (Å²) in [4.78, 5) is 15.3. The Labute approximate surface area is 117 Å². The van der Waals surface area contributed by atoms with Crippen molar-refractivity contribution in [2.75, 3.05) is 18.5 Å². The van der Waals surface area contributed by atoms with Crippen molar-refractivity contribution in [3.63, 3.8) is 0 Å². The van der Waals surface area contributed by atoms with Crippen molar-refractivity contribution in [3.05, 3.63) is 42.0 Å². The van der Waals surface area contributed by atoms with E-state index in [2.05, 4.69) is 15.5 Å². The molecule has 2 rings (SSSR count). The summed E-state index contributed by atoms with van der Waals surface area (Å²) in [5.74, 6) is -0.120. The van der Waals surface area contributed by atoms with Gasteiger partial charge < -0.3 is 14.6 Å². The second kappa shape index (κ2) is 7.28. The van der Waals surface area contributed by atoms with Crippen molar-refractivity contribution in [1.82, 2.24) is 10.1 Å². The van der Waals surface area contributed by atoms with E-state index in [1.807, 2.05) is 30.3 Å². The monoisotopic (exact) mass is 275 g/mol. The van der Waals surface area contributed by atoms with Gasteiger partial charge in [-0.3, -0.25) is 0 Å². The molecule has 0 aliphatic heterocycles. The molecule has 0 bridgehead atoms. The standard InChI is InChI=1S/C14H17N3O3/c1-2-19-14(18)13-16-12(20-17-13)9-6-10-15-11-7-4-3-5-8-11/h3-5,7-8,15H,2,6,9-10H2,1H3. The number of rotatable bonds is 7.